The summed E-state index contributed by atoms with van der Waals surface area (Å²) >= 11 is 0. The monoisotopic (exact) mass is 445 g/mol. The Labute approximate surface area is 197 Å². The number of para-hydroxylation sites is 1. The number of carbonyl (C=O) groups excluding carboxylic acids is 1. The summed E-state index contributed by atoms with van der Waals surface area (Å²) in [6.07, 6.45) is 5.27. The molecule has 0 saturated carbocycles. The van der Waals surface area contributed by atoms with E-state index in [0.29, 0.717) is 5.56 Å². The number of nitrogens with one attached hydrogen (secondary N) is 2. The molecule has 0 fully saturated rings. The fraction of sp³-hybridized carbons (Fsp3) is 0.0357. The molecule has 1 amide bonds. The fourth-order valence-electron chi connectivity index (χ4n) is 3.74. The first-order valence-electron chi connectivity index (χ1n) is 10.9. The number of anilines is 5. The minimum atomic E-state index is -0.0734. The minimum Gasteiger partial charge on any atom is -0.355 e. The zero-order valence-corrected chi connectivity index (χ0v) is 18.6. The molecule has 0 atom stereocenters. The molecule has 0 aliphatic rings. The Morgan fingerprint density at radius 2 is 1.35 bits per heavy atom. The first kappa shape index (κ1) is 21.2. The highest BCUT2D eigenvalue weighted by atomic mass is 16.2. The topological polar surface area (TPSA) is 70.2 Å². The van der Waals surface area contributed by atoms with Crippen LogP contribution in [0.15, 0.2) is 110 Å². The Kier molecular flexibility index (Phi) is 5.86. The summed E-state index contributed by atoms with van der Waals surface area (Å²) in [5.41, 5.74) is 6.14. The number of benzene rings is 3. The molecule has 0 bridgehead atoms. The molecule has 0 aliphatic carbocycles. The second-order valence-corrected chi connectivity index (χ2v) is 7.85. The van der Waals surface area contributed by atoms with E-state index in [1.807, 2.05) is 91.0 Å². The van der Waals surface area contributed by atoms with Crippen molar-refractivity contribution in [3.8, 4) is 0 Å². The number of hydrogen-bond acceptors (Lipinski definition) is 5. The largest absolute Gasteiger partial charge is 0.355 e. The third-order valence-corrected chi connectivity index (χ3v) is 5.59. The van der Waals surface area contributed by atoms with Crippen molar-refractivity contribution in [3.63, 3.8) is 0 Å². The number of rotatable bonds is 6. The van der Waals surface area contributed by atoms with Gasteiger partial charge >= 0.3 is 0 Å². The Balaban J connectivity index is 1.27. The molecule has 0 saturated heterocycles. The number of carbonyl (C=O) groups is 1. The normalized spacial score (nSPS) is 10.6. The Hall–Kier alpha value is -4.71. The van der Waals surface area contributed by atoms with Crippen molar-refractivity contribution in [1.29, 1.82) is 0 Å². The first-order chi connectivity index (χ1) is 16.7. The van der Waals surface area contributed by atoms with Gasteiger partial charge in [0.25, 0.3) is 5.91 Å². The lowest BCUT2D eigenvalue weighted by Crippen LogP contribution is -2.26. The zero-order chi connectivity index (χ0) is 23.3. The third kappa shape index (κ3) is 4.56. The van der Waals surface area contributed by atoms with Gasteiger partial charge in [-0.3, -0.25) is 14.8 Å². The molecule has 3 aromatic carbocycles. The van der Waals surface area contributed by atoms with Crippen LogP contribution in [0.1, 0.15) is 10.4 Å². The van der Waals surface area contributed by atoms with Gasteiger partial charge in [0.15, 0.2) is 0 Å². The fourth-order valence-corrected chi connectivity index (χ4v) is 3.74. The van der Waals surface area contributed by atoms with Gasteiger partial charge in [-0.1, -0.05) is 18.2 Å². The molecule has 5 aromatic rings. The van der Waals surface area contributed by atoms with Crippen LogP contribution >= 0.6 is 0 Å². The summed E-state index contributed by atoms with van der Waals surface area (Å²) < 4.78 is 0. The van der Waals surface area contributed by atoms with E-state index in [0.717, 1.165) is 39.3 Å². The Morgan fingerprint density at radius 1 is 0.706 bits per heavy atom. The van der Waals surface area contributed by atoms with Crippen molar-refractivity contribution in [3.05, 3.63) is 115 Å². The van der Waals surface area contributed by atoms with Crippen molar-refractivity contribution < 1.29 is 4.79 Å². The molecular weight excluding hydrogens is 422 g/mol. The minimum absolute atomic E-state index is 0.0734. The molecule has 6 nitrogen and oxygen atoms in total. The predicted octanol–water partition coefficient (Wildman–Crippen LogP) is 6.39. The van der Waals surface area contributed by atoms with Crippen LogP contribution in [-0.2, 0) is 0 Å². The van der Waals surface area contributed by atoms with E-state index in [1.54, 1.807) is 30.5 Å². The Morgan fingerprint density at radius 3 is 2.12 bits per heavy atom. The number of aromatic nitrogens is 2. The van der Waals surface area contributed by atoms with Crippen LogP contribution in [0.25, 0.3) is 10.9 Å². The number of fused-ring (bicyclic) bond motifs is 1. The summed E-state index contributed by atoms with van der Waals surface area (Å²) in [6, 6.07) is 29.0. The maximum Gasteiger partial charge on any atom is 0.258 e. The molecule has 0 radical (unpaired) electrons. The van der Waals surface area contributed by atoms with Crippen molar-refractivity contribution in [1.82, 2.24) is 9.97 Å². The highest BCUT2D eigenvalue weighted by molar-refractivity contribution is 6.06. The van der Waals surface area contributed by atoms with Gasteiger partial charge in [0.2, 0.25) is 0 Å². The van der Waals surface area contributed by atoms with Crippen LogP contribution in [0.2, 0.25) is 0 Å². The van der Waals surface area contributed by atoms with Gasteiger partial charge in [-0.05, 0) is 72.8 Å². The molecule has 2 N–H and O–H groups in total. The average Bonchev–Trinajstić information content (AvgIpc) is 2.90. The van der Waals surface area contributed by atoms with E-state index in [2.05, 4.69) is 20.6 Å². The van der Waals surface area contributed by atoms with Gasteiger partial charge < -0.3 is 15.5 Å². The standard InChI is InChI=1S/C28H23N5O/c1-33(24-12-10-21(11-13-24)31-23-14-17-29-18-15-23)28(34)20-6-8-22(9-7-20)32-27-16-19-30-26-5-3-2-4-25(26)27/h2-19H,1H3,(H,29,31)(H,30,32). The Bertz CT molecular complexity index is 1410. The van der Waals surface area contributed by atoms with Gasteiger partial charge in [0, 0.05) is 65.0 Å². The maximum absolute atomic E-state index is 13.0. The van der Waals surface area contributed by atoms with E-state index in [-0.39, 0.29) is 5.91 Å². The number of hydrogen-bond donors (Lipinski definition) is 2. The van der Waals surface area contributed by atoms with Gasteiger partial charge in [-0.2, -0.15) is 0 Å². The van der Waals surface area contributed by atoms with E-state index in [9.17, 15) is 4.79 Å². The van der Waals surface area contributed by atoms with Crippen molar-refractivity contribution >= 4 is 45.2 Å². The van der Waals surface area contributed by atoms with E-state index in [1.165, 1.54) is 0 Å². The van der Waals surface area contributed by atoms with Gasteiger partial charge in [0.1, 0.15) is 0 Å². The molecule has 5 rings (SSSR count). The van der Waals surface area contributed by atoms with Crippen LogP contribution in [0.5, 0.6) is 0 Å². The SMILES string of the molecule is CN(C(=O)c1ccc(Nc2ccnc3ccccc23)cc1)c1ccc(Nc2ccncc2)cc1. The molecule has 0 unspecified atom stereocenters. The number of amides is 1. The van der Waals surface area contributed by atoms with Crippen molar-refractivity contribution in [2.75, 3.05) is 22.6 Å². The highest BCUT2D eigenvalue weighted by Crippen LogP contribution is 2.26. The second-order valence-electron chi connectivity index (χ2n) is 7.85. The van der Waals surface area contributed by atoms with E-state index in [4.69, 9.17) is 0 Å². The van der Waals surface area contributed by atoms with Crippen LogP contribution < -0.4 is 15.5 Å². The van der Waals surface area contributed by atoms with Crippen LogP contribution in [0.3, 0.4) is 0 Å². The molecular formula is C28H23N5O. The van der Waals surface area contributed by atoms with Crippen LogP contribution in [0.4, 0.5) is 28.4 Å². The molecule has 34 heavy (non-hydrogen) atoms. The van der Waals surface area contributed by atoms with Gasteiger partial charge in [-0.15, -0.1) is 0 Å². The average molecular weight is 446 g/mol. The lowest BCUT2D eigenvalue weighted by atomic mass is 10.1. The highest BCUT2D eigenvalue weighted by Gasteiger charge is 2.14. The predicted molar refractivity (Wildman–Crippen MR) is 138 cm³/mol. The maximum atomic E-state index is 13.0. The zero-order valence-electron chi connectivity index (χ0n) is 18.6. The van der Waals surface area contributed by atoms with E-state index >= 15 is 0 Å². The van der Waals surface area contributed by atoms with Gasteiger partial charge in [0.05, 0.1) is 5.52 Å². The summed E-state index contributed by atoms with van der Waals surface area (Å²) in [7, 11) is 1.78. The lowest BCUT2D eigenvalue weighted by molar-refractivity contribution is 0.0993. The van der Waals surface area contributed by atoms with Crippen LogP contribution in [0, 0.1) is 0 Å². The summed E-state index contributed by atoms with van der Waals surface area (Å²) in [5.74, 6) is -0.0734. The quantitative estimate of drug-likeness (QED) is 0.317. The molecule has 0 aliphatic heterocycles. The lowest BCUT2D eigenvalue weighted by Gasteiger charge is -2.18. The molecule has 6 heteroatoms. The summed E-state index contributed by atoms with van der Waals surface area (Å²) in [6.45, 7) is 0. The molecule has 0 spiro atoms. The summed E-state index contributed by atoms with van der Waals surface area (Å²) in [4.78, 5) is 23.1. The second kappa shape index (κ2) is 9.42. The molecule has 2 aromatic heterocycles. The van der Waals surface area contributed by atoms with Gasteiger partial charge in [-0.25, -0.2) is 0 Å². The van der Waals surface area contributed by atoms with Crippen LogP contribution in [-0.4, -0.2) is 22.9 Å². The van der Waals surface area contributed by atoms with E-state index < -0.39 is 0 Å². The smallest absolute Gasteiger partial charge is 0.258 e. The summed E-state index contributed by atoms with van der Waals surface area (Å²) in [5, 5.41) is 7.79. The number of nitrogens with zero attached hydrogens (tertiary/aromatic N) is 3. The van der Waals surface area contributed by atoms with Crippen molar-refractivity contribution in [2.45, 2.75) is 0 Å². The molecule has 2 heterocycles. The first-order valence-corrected chi connectivity index (χ1v) is 10.9. The third-order valence-electron chi connectivity index (χ3n) is 5.59. The van der Waals surface area contributed by atoms with Crippen molar-refractivity contribution in [2.24, 2.45) is 0 Å². The number of pyridine rings is 2. The molecule has 166 valence electrons.